The second-order valence-electron chi connectivity index (χ2n) is 6.62. The van der Waals surface area contributed by atoms with Crippen molar-refractivity contribution in [1.82, 2.24) is 9.80 Å². The van der Waals surface area contributed by atoms with E-state index >= 15 is 0 Å². The standard InChI is InChI=1S/C20H18N2O6S/c1-12(23)22-15(11-29-19(22)16-7-4-9-27-16)20(26)28-10-8-21-17(24)13-5-2-3-6-14(13)18(21)25/h2-7,9,15,19H,8,10-11H2,1H3/t15-,19-/m0/s1. The van der Waals surface area contributed by atoms with Gasteiger partial charge in [-0.05, 0) is 24.3 Å². The maximum Gasteiger partial charge on any atom is 0.329 e. The van der Waals surface area contributed by atoms with Crippen molar-refractivity contribution in [2.24, 2.45) is 0 Å². The smallest absolute Gasteiger partial charge is 0.329 e. The van der Waals surface area contributed by atoms with Crippen LogP contribution in [-0.2, 0) is 14.3 Å². The molecule has 0 radical (unpaired) electrons. The van der Waals surface area contributed by atoms with Gasteiger partial charge in [-0.2, -0.15) is 0 Å². The number of nitrogens with zero attached hydrogens (tertiary/aromatic N) is 2. The molecule has 4 rings (SSSR count). The zero-order chi connectivity index (χ0) is 20.5. The number of amides is 3. The number of benzene rings is 1. The number of furan rings is 1. The molecule has 8 nitrogen and oxygen atoms in total. The Bertz CT molecular complexity index is 938. The number of imide groups is 1. The van der Waals surface area contributed by atoms with E-state index in [-0.39, 0.29) is 19.1 Å². The Morgan fingerprint density at radius 3 is 2.41 bits per heavy atom. The minimum absolute atomic E-state index is 0.0420. The zero-order valence-corrected chi connectivity index (χ0v) is 16.4. The van der Waals surface area contributed by atoms with Gasteiger partial charge in [-0.25, -0.2) is 4.79 Å². The average Bonchev–Trinajstić information content (AvgIpc) is 3.43. The van der Waals surface area contributed by atoms with Gasteiger partial charge in [-0.1, -0.05) is 12.1 Å². The van der Waals surface area contributed by atoms with Crippen LogP contribution in [0.5, 0.6) is 0 Å². The van der Waals surface area contributed by atoms with Crippen LogP contribution in [0.1, 0.15) is 38.8 Å². The fourth-order valence-corrected chi connectivity index (χ4v) is 4.92. The normalized spacial score (nSPS) is 20.9. The lowest BCUT2D eigenvalue weighted by atomic mass is 10.1. The van der Waals surface area contributed by atoms with Gasteiger partial charge in [0.05, 0.1) is 23.9 Å². The summed E-state index contributed by atoms with van der Waals surface area (Å²) in [4.78, 5) is 51.9. The molecule has 0 spiro atoms. The molecule has 0 unspecified atom stereocenters. The van der Waals surface area contributed by atoms with Crippen molar-refractivity contribution in [3.05, 3.63) is 59.5 Å². The molecule has 29 heavy (non-hydrogen) atoms. The molecular weight excluding hydrogens is 396 g/mol. The summed E-state index contributed by atoms with van der Waals surface area (Å²) >= 11 is 1.42. The minimum Gasteiger partial charge on any atom is -0.466 e. The van der Waals surface area contributed by atoms with Crippen molar-refractivity contribution in [2.75, 3.05) is 18.9 Å². The topological polar surface area (TPSA) is 97.1 Å². The molecule has 150 valence electrons. The third kappa shape index (κ3) is 3.42. The highest BCUT2D eigenvalue weighted by Crippen LogP contribution is 2.41. The molecule has 1 aromatic heterocycles. The fraction of sp³-hybridized carbons (Fsp3) is 0.300. The third-order valence-electron chi connectivity index (χ3n) is 4.86. The summed E-state index contributed by atoms with van der Waals surface area (Å²) in [5, 5.41) is -0.392. The number of esters is 1. The van der Waals surface area contributed by atoms with Crippen molar-refractivity contribution < 1.29 is 28.3 Å². The van der Waals surface area contributed by atoms with Gasteiger partial charge in [0.15, 0.2) is 0 Å². The summed E-state index contributed by atoms with van der Waals surface area (Å²) in [6.45, 7) is 1.21. The first kappa shape index (κ1) is 19.3. The fourth-order valence-electron chi connectivity index (χ4n) is 3.50. The van der Waals surface area contributed by atoms with E-state index in [4.69, 9.17) is 9.15 Å². The number of carbonyl (C=O) groups excluding carboxylic acids is 4. The molecule has 1 fully saturated rings. The number of thioether (sulfide) groups is 1. The van der Waals surface area contributed by atoms with Crippen LogP contribution < -0.4 is 0 Å². The molecule has 2 aliphatic heterocycles. The van der Waals surface area contributed by atoms with E-state index in [9.17, 15) is 19.2 Å². The van der Waals surface area contributed by atoms with Crippen molar-refractivity contribution in [3.8, 4) is 0 Å². The summed E-state index contributed by atoms with van der Waals surface area (Å²) in [6.07, 6.45) is 1.52. The van der Waals surface area contributed by atoms with E-state index in [1.54, 1.807) is 36.4 Å². The highest BCUT2D eigenvalue weighted by atomic mass is 32.2. The maximum absolute atomic E-state index is 12.6. The molecule has 2 aromatic rings. The number of hydrogen-bond acceptors (Lipinski definition) is 7. The molecule has 0 saturated carbocycles. The molecule has 0 aliphatic carbocycles. The molecule has 1 aromatic carbocycles. The highest BCUT2D eigenvalue weighted by Gasteiger charge is 2.43. The summed E-state index contributed by atoms with van der Waals surface area (Å²) in [5.41, 5.74) is 0.695. The van der Waals surface area contributed by atoms with E-state index in [2.05, 4.69) is 0 Å². The summed E-state index contributed by atoms with van der Waals surface area (Å²) < 4.78 is 10.7. The van der Waals surface area contributed by atoms with Gasteiger partial charge >= 0.3 is 5.97 Å². The van der Waals surface area contributed by atoms with Gasteiger partial charge in [-0.3, -0.25) is 19.3 Å². The first-order valence-corrected chi connectivity index (χ1v) is 10.1. The van der Waals surface area contributed by atoms with Crippen LogP contribution in [0.3, 0.4) is 0 Å². The number of fused-ring (bicyclic) bond motifs is 1. The van der Waals surface area contributed by atoms with Crippen molar-refractivity contribution >= 4 is 35.5 Å². The Hall–Kier alpha value is -3.07. The van der Waals surface area contributed by atoms with E-state index in [1.165, 1.54) is 29.8 Å². The van der Waals surface area contributed by atoms with E-state index in [1.807, 2.05) is 0 Å². The third-order valence-corrected chi connectivity index (χ3v) is 6.14. The molecule has 2 atom stereocenters. The van der Waals surface area contributed by atoms with Gasteiger partial charge in [0.2, 0.25) is 5.91 Å². The van der Waals surface area contributed by atoms with Gasteiger partial charge in [0, 0.05) is 12.7 Å². The van der Waals surface area contributed by atoms with Crippen LogP contribution in [0.2, 0.25) is 0 Å². The Morgan fingerprint density at radius 1 is 1.14 bits per heavy atom. The SMILES string of the molecule is CC(=O)N1[C@H](C(=O)OCCN2C(=O)c3ccccc3C2=O)CS[C@H]1c1ccco1. The monoisotopic (exact) mass is 414 g/mol. The van der Waals surface area contributed by atoms with Crippen molar-refractivity contribution in [2.45, 2.75) is 18.3 Å². The Morgan fingerprint density at radius 2 is 1.83 bits per heavy atom. The summed E-state index contributed by atoms with van der Waals surface area (Å²) in [7, 11) is 0. The number of carbonyl (C=O) groups is 4. The molecular formula is C20H18N2O6S. The van der Waals surface area contributed by atoms with Gasteiger partial charge in [-0.15, -0.1) is 11.8 Å². The van der Waals surface area contributed by atoms with Gasteiger partial charge in [0.1, 0.15) is 23.8 Å². The molecule has 9 heteroatoms. The Kier molecular flexibility index (Phi) is 5.14. The lowest BCUT2D eigenvalue weighted by Gasteiger charge is -2.26. The van der Waals surface area contributed by atoms with Crippen molar-refractivity contribution in [1.29, 1.82) is 0 Å². The largest absolute Gasteiger partial charge is 0.466 e. The first-order valence-electron chi connectivity index (χ1n) is 9.05. The number of ether oxygens (including phenoxy) is 1. The molecule has 1 saturated heterocycles. The van der Waals surface area contributed by atoms with E-state index in [0.29, 0.717) is 22.6 Å². The van der Waals surface area contributed by atoms with Gasteiger partial charge in [0.25, 0.3) is 11.8 Å². The first-order chi connectivity index (χ1) is 14.0. The zero-order valence-electron chi connectivity index (χ0n) is 15.6. The highest BCUT2D eigenvalue weighted by molar-refractivity contribution is 7.99. The number of rotatable bonds is 5. The molecule has 0 bridgehead atoms. The number of hydrogen-bond donors (Lipinski definition) is 0. The summed E-state index contributed by atoms with van der Waals surface area (Å²) in [5.74, 6) is -0.678. The van der Waals surface area contributed by atoms with Crippen LogP contribution in [0.25, 0.3) is 0 Å². The average molecular weight is 414 g/mol. The molecule has 3 heterocycles. The quantitative estimate of drug-likeness (QED) is 0.546. The molecule has 3 amide bonds. The van der Waals surface area contributed by atoms with Crippen LogP contribution >= 0.6 is 11.8 Å². The van der Waals surface area contributed by atoms with E-state index < -0.39 is 29.2 Å². The van der Waals surface area contributed by atoms with E-state index in [0.717, 1.165) is 4.90 Å². The maximum atomic E-state index is 12.6. The molecule has 2 aliphatic rings. The Labute approximate surface area is 170 Å². The predicted molar refractivity (Wildman–Crippen MR) is 103 cm³/mol. The second kappa shape index (κ2) is 7.75. The van der Waals surface area contributed by atoms with Crippen LogP contribution in [0, 0.1) is 0 Å². The van der Waals surface area contributed by atoms with Crippen molar-refractivity contribution in [3.63, 3.8) is 0 Å². The second-order valence-corrected chi connectivity index (χ2v) is 7.73. The summed E-state index contributed by atoms with van der Waals surface area (Å²) in [6, 6.07) is 9.29. The minimum atomic E-state index is -0.755. The predicted octanol–water partition coefficient (Wildman–Crippen LogP) is 2.08. The Balaban J connectivity index is 1.37. The lowest BCUT2D eigenvalue weighted by molar-refractivity contribution is -0.153. The van der Waals surface area contributed by atoms with Crippen LogP contribution in [-0.4, -0.2) is 58.4 Å². The van der Waals surface area contributed by atoms with Gasteiger partial charge < -0.3 is 14.1 Å². The molecule has 0 N–H and O–H groups in total. The lowest BCUT2D eigenvalue weighted by Crippen LogP contribution is -2.43. The van der Waals surface area contributed by atoms with Crippen LogP contribution in [0.4, 0.5) is 0 Å². The van der Waals surface area contributed by atoms with Crippen LogP contribution in [0.15, 0.2) is 47.1 Å².